The Labute approximate surface area is 90.8 Å². The maximum Gasteiger partial charge on any atom is 0.338 e. The van der Waals surface area contributed by atoms with Gasteiger partial charge in [-0.1, -0.05) is 22.0 Å². The summed E-state index contributed by atoms with van der Waals surface area (Å²) in [6.07, 6.45) is 0. The third-order valence-electron chi connectivity index (χ3n) is 1.73. The molecule has 0 aliphatic heterocycles. The molecule has 76 valence electrons. The first-order valence-corrected chi connectivity index (χ1v) is 5.04. The monoisotopic (exact) mass is 258 g/mol. The minimum Gasteiger partial charge on any atom is -0.462 e. The minimum atomic E-state index is -0.349. The number of ether oxygens (including phenoxy) is 1. The molecule has 0 amide bonds. The third-order valence-corrected chi connectivity index (χ3v) is 2.47. The van der Waals surface area contributed by atoms with E-state index in [9.17, 15) is 4.79 Å². The van der Waals surface area contributed by atoms with Gasteiger partial charge in [0.2, 0.25) is 0 Å². The van der Waals surface area contributed by atoms with Crippen molar-refractivity contribution < 1.29 is 14.6 Å². The Kier molecular flexibility index (Phi) is 4.10. The Hall–Kier alpha value is -0.870. The molecule has 0 radical (unpaired) electrons. The highest BCUT2D eigenvalue weighted by Gasteiger charge is 2.08. The Morgan fingerprint density at radius 2 is 2.29 bits per heavy atom. The molecule has 0 fully saturated rings. The summed E-state index contributed by atoms with van der Waals surface area (Å²) < 4.78 is 5.55. The maximum atomic E-state index is 11.3. The van der Waals surface area contributed by atoms with Crippen LogP contribution in [0.5, 0.6) is 0 Å². The van der Waals surface area contributed by atoms with Crippen LogP contribution in [0.4, 0.5) is 0 Å². The predicted octanol–water partition coefficient (Wildman–Crippen LogP) is 2.12. The summed E-state index contributed by atoms with van der Waals surface area (Å²) in [4.78, 5) is 11.3. The number of carbonyl (C=O) groups is 1. The number of benzene rings is 1. The number of hydrogen-bond acceptors (Lipinski definition) is 3. The number of rotatable bonds is 3. The van der Waals surface area contributed by atoms with Gasteiger partial charge in [-0.15, -0.1) is 0 Å². The van der Waals surface area contributed by atoms with E-state index in [1.165, 1.54) is 0 Å². The second-order valence-corrected chi connectivity index (χ2v) is 3.54. The van der Waals surface area contributed by atoms with Crippen LogP contribution in [0.15, 0.2) is 22.7 Å². The zero-order chi connectivity index (χ0) is 10.6. The van der Waals surface area contributed by atoms with E-state index in [2.05, 4.69) is 15.9 Å². The molecule has 0 aliphatic carbocycles. The molecule has 1 N–H and O–H groups in total. The van der Waals surface area contributed by atoms with E-state index in [1.54, 1.807) is 25.1 Å². The summed E-state index contributed by atoms with van der Waals surface area (Å²) in [5, 5.41) is 8.91. The number of esters is 1. The molecule has 0 aromatic heterocycles. The highest BCUT2D eigenvalue weighted by molar-refractivity contribution is 9.10. The standard InChI is InChI=1S/C10H11BrO3/c1-2-14-10(13)7-3-4-8(6-12)9(11)5-7/h3-5,12H,2,6H2,1H3. The number of halogens is 1. The topological polar surface area (TPSA) is 46.5 Å². The molecule has 1 aromatic carbocycles. The molecule has 0 saturated carbocycles. The minimum absolute atomic E-state index is 0.0519. The molecular weight excluding hydrogens is 248 g/mol. The second kappa shape index (κ2) is 5.12. The molecule has 1 aromatic rings. The molecule has 1 rings (SSSR count). The van der Waals surface area contributed by atoms with Gasteiger partial charge >= 0.3 is 5.97 Å². The van der Waals surface area contributed by atoms with Crippen molar-refractivity contribution in [3.05, 3.63) is 33.8 Å². The van der Waals surface area contributed by atoms with Crippen molar-refractivity contribution in [3.8, 4) is 0 Å². The molecule has 0 atom stereocenters. The molecular formula is C10H11BrO3. The van der Waals surface area contributed by atoms with E-state index in [-0.39, 0.29) is 12.6 Å². The van der Waals surface area contributed by atoms with Crippen molar-refractivity contribution in [3.63, 3.8) is 0 Å². The molecule has 0 heterocycles. The lowest BCUT2D eigenvalue weighted by molar-refractivity contribution is 0.0526. The molecule has 0 aliphatic rings. The Morgan fingerprint density at radius 1 is 1.57 bits per heavy atom. The van der Waals surface area contributed by atoms with Gasteiger partial charge in [0, 0.05) is 4.47 Å². The smallest absolute Gasteiger partial charge is 0.338 e. The SMILES string of the molecule is CCOC(=O)c1ccc(CO)c(Br)c1. The highest BCUT2D eigenvalue weighted by Crippen LogP contribution is 2.19. The van der Waals surface area contributed by atoms with E-state index >= 15 is 0 Å². The summed E-state index contributed by atoms with van der Waals surface area (Å²) in [6.45, 7) is 2.07. The maximum absolute atomic E-state index is 11.3. The zero-order valence-electron chi connectivity index (χ0n) is 7.79. The average molecular weight is 259 g/mol. The van der Waals surface area contributed by atoms with Gasteiger partial charge in [0.15, 0.2) is 0 Å². The lowest BCUT2D eigenvalue weighted by atomic mass is 10.1. The Bertz CT molecular complexity index is 336. The van der Waals surface area contributed by atoms with Crippen molar-refractivity contribution >= 4 is 21.9 Å². The van der Waals surface area contributed by atoms with Gasteiger partial charge in [-0.05, 0) is 24.6 Å². The fourth-order valence-electron chi connectivity index (χ4n) is 1.02. The molecule has 3 nitrogen and oxygen atoms in total. The largest absolute Gasteiger partial charge is 0.462 e. The molecule has 0 unspecified atom stereocenters. The van der Waals surface area contributed by atoms with Crippen molar-refractivity contribution in [2.45, 2.75) is 13.5 Å². The second-order valence-electron chi connectivity index (χ2n) is 2.68. The number of carbonyl (C=O) groups excluding carboxylic acids is 1. The van der Waals surface area contributed by atoms with Crippen LogP contribution in [0.25, 0.3) is 0 Å². The van der Waals surface area contributed by atoms with E-state index in [0.717, 1.165) is 5.56 Å². The molecule has 0 spiro atoms. The van der Waals surface area contributed by atoms with Crippen LogP contribution in [0.3, 0.4) is 0 Å². The van der Waals surface area contributed by atoms with Gasteiger partial charge in [-0.3, -0.25) is 0 Å². The summed E-state index contributed by atoms with van der Waals surface area (Å²) in [7, 11) is 0. The van der Waals surface area contributed by atoms with Crippen LogP contribution in [-0.2, 0) is 11.3 Å². The van der Waals surface area contributed by atoms with Crippen LogP contribution >= 0.6 is 15.9 Å². The van der Waals surface area contributed by atoms with Gasteiger partial charge in [0.1, 0.15) is 0 Å². The first kappa shape index (κ1) is 11.2. The Balaban J connectivity index is 2.91. The lowest BCUT2D eigenvalue weighted by Crippen LogP contribution is -2.04. The van der Waals surface area contributed by atoms with Crippen molar-refractivity contribution in [2.75, 3.05) is 6.61 Å². The number of aliphatic hydroxyl groups is 1. The summed E-state index contributed by atoms with van der Waals surface area (Å²) in [5.74, 6) is -0.349. The van der Waals surface area contributed by atoms with Crippen molar-refractivity contribution in [1.29, 1.82) is 0 Å². The molecule has 0 saturated heterocycles. The van der Waals surface area contributed by atoms with Gasteiger partial charge in [0.25, 0.3) is 0 Å². The van der Waals surface area contributed by atoms with E-state index in [0.29, 0.717) is 16.6 Å². The first-order chi connectivity index (χ1) is 6.69. The van der Waals surface area contributed by atoms with Crippen molar-refractivity contribution in [1.82, 2.24) is 0 Å². The lowest BCUT2D eigenvalue weighted by Gasteiger charge is -2.04. The van der Waals surface area contributed by atoms with E-state index < -0.39 is 0 Å². The van der Waals surface area contributed by atoms with Gasteiger partial charge in [0.05, 0.1) is 18.8 Å². The fourth-order valence-corrected chi connectivity index (χ4v) is 1.52. The quantitative estimate of drug-likeness (QED) is 0.846. The van der Waals surface area contributed by atoms with E-state index in [4.69, 9.17) is 9.84 Å². The van der Waals surface area contributed by atoms with Crippen molar-refractivity contribution in [2.24, 2.45) is 0 Å². The Morgan fingerprint density at radius 3 is 2.79 bits per heavy atom. The fraction of sp³-hybridized carbons (Fsp3) is 0.300. The van der Waals surface area contributed by atoms with Crippen LogP contribution in [0.2, 0.25) is 0 Å². The summed E-state index contributed by atoms with van der Waals surface area (Å²) in [5.41, 5.74) is 1.23. The van der Waals surface area contributed by atoms with Gasteiger partial charge in [-0.2, -0.15) is 0 Å². The zero-order valence-corrected chi connectivity index (χ0v) is 9.37. The number of aliphatic hydroxyl groups excluding tert-OH is 1. The van der Waals surface area contributed by atoms with Crippen LogP contribution < -0.4 is 0 Å². The molecule has 4 heteroatoms. The van der Waals surface area contributed by atoms with Crippen LogP contribution in [0.1, 0.15) is 22.8 Å². The molecule has 14 heavy (non-hydrogen) atoms. The predicted molar refractivity (Wildman–Crippen MR) is 56.0 cm³/mol. The van der Waals surface area contributed by atoms with Crippen LogP contribution in [-0.4, -0.2) is 17.7 Å². The summed E-state index contributed by atoms with van der Waals surface area (Å²) >= 11 is 3.26. The molecule has 0 bridgehead atoms. The first-order valence-electron chi connectivity index (χ1n) is 4.25. The summed E-state index contributed by atoms with van der Waals surface area (Å²) in [6, 6.07) is 4.97. The van der Waals surface area contributed by atoms with Crippen LogP contribution in [0, 0.1) is 0 Å². The average Bonchev–Trinajstić information content (AvgIpc) is 2.18. The number of hydrogen-bond donors (Lipinski definition) is 1. The van der Waals surface area contributed by atoms with E-state index in [1.807, 2.05) is 0 Å². The normalized spacial score (nSPS) is 9.93. The van der Waals surface area contributed by atoms with Gasteiger partial charge < -0.3 is 9.84 Å². The van der Waals surface area contributed by atoms with Gasteiger partial charge in [-0.25, -0.2) is 4.79 Å². The highest BCUT2D eigenvalue weighted by atomic mass is 79.9. The third kappa shape index (κ3) is 2.56.